The van der Waals surface area contributed by atoms with Gasteiger partial charge in [0.15, 0.2) is 0 Å². The van der Waals surface area contributed by atoms with Gasteiger partial charge in [0.1, 0.15) is 5.75 Å². The van der Waals surface area contributed by atoms with Gasteiger partial charge >= 0.3 is 0 Å². The Morgan fingerprint density at radius 3 is 2.34 bits per heavy atom. The van der Waals surface area contributed by atoms with Crippen molar-refractivity contribution in [3.05, 3.63) is 88.4 Å². The van der Waals surface area contributed by atoms with Crippen molar-refractivity contribution in [1.29, 1.82) is 0 Å². The number of carbonyl (C=O) groups is 2. The van der Waals surface area contributed by atoms with Gasteiger partial charge in [-0.05, 0) is 55.0 Å². The molecule has 3 rings (SSSR count). The van der Waals surface area contributed by atoms with Crippen molar-refractivity contribution in [1.82, 2.24) is 0 Å². The SMILES string of the molecule is CCCCCCOc1ccc(Br)cc1C(=O)Nc1cccc(C(=O)Nc2ccccc2)c1. The Morgan fingerprint density at radius 2 is 1.56 bits per heavy atom. The van der Waals surface area contributed by atoms with Crippen LogP contribution in [0.4, 0.5) is 11.4 Å². The standard InChI is InChI=1S/C26H27BrN2O3/c1-2-3-4-8-16-32-24-15-14-20(27)18-23(24)26(31)29-22-13-9-10-19(17-22)25(30)28-21-11-6-5-7-12-21/h5-7,9-15,17-18H,2-4,8,16H2,1H3,(H,28,30)(H,29,31). The Balaban J connectivity index is 1.68. The van der Waals surface area contributed by atoms with Crippen molar-refractivity contribution in [2.45, 2.75) is 32.6 Å². The number of rotatable bonds is 10. The van der Waals surface area contributed by atoms with Crippen molar-refractivity contribution < 1.29 is 14.3 Å². The summed E-state index contributed by atoms with van der Waals surface area (Å²) in [4.78, 5) is 25.5. The summed E-state index contributed by atoms with van der Waals surface area (Å²) in [5, 5.41) is 5.72. The molecule has 0 spiro atoms. The highest BCUT2D eigenvalue weighted by molar-refractivity contribution is 9.10. The Kier molecular flexibility index (Phi) is 8.87. The summed E-state index contributed by atoms with van der Waals surface area (Å²) in [6, 6.07) is 21.5. The number of ether oxygens (including phenoxy) is 1. The number of unbranched alkanes of at least 4 members (excludes halogenated alkanes) is 3. The van der Waals surface area contributed by atoms with Gasteiger partial charge in [-0.25, -0.2) is 0 Å². The molecule has 0 aromatic heterocycles. The van der Waals surface area contributed by atoms with Crippen LogP contribution >= 0.6 is 15.9 Å². The lowest BCUT2D eigenvalue weighted by atomic mass is 10.1. The lowest BCUT2D eigenvalue weighted by molar-refractivity contribution is 0.101. The predicted octanol–water partition coefficient (Wildman–Crippen LogP) is 6.91. The third-order valence-electron chi connectivity index (χ3n) is 4.86. The monoisotopic (exact) mass is 494 g/mol. The second kappa shape index (κ2) is 12.1. The number of benzene rings is 3. The number of para-hydroxylation sites is 1. The van der Waals surface area contributed by atoms with E-state index in [0.717, 1.165) is 23.7 Å². The first-order chi connectivity index (χ1) is 15.6. The van der Waals surface area contributed by atoms with Crippen LogP contribution in [0.1, 0.15) is 53.3 Å². The summed E-state index contributed by atoms with van der Waals surface area (Å²) in [6.45, 7) is 2.73. The lowest BCUT2D eigenvalue weighted by Crippen LogP contribution is -2.16. The Bertz CT molecular complexity index is 1050. The van der Waals surface area contributed by atoms with Crippen molar-refractivity contribution >= 4 is 39.1 Å². The molecule has 6 heteroatoms. The zero-order valence-electron chi connectivity index (χ0n) is 18.1. The highest BCUT2D eigenvalue weighted by Gasteiger charge is 2.15. The number of halogens is 1. The fraction of sp³-hybridized carbons (Fsp3) is 0.231. The summed E-state index contributed by atoms with van der Waals surface area (Å²) in [6.07, 6.45) is 4.38. The zero-order chi connectivity index (χ0) is 22.8. The minimum absolute atomic E-state index is 0.245. The average Bonchev–Trinajstić information content (AvgIpc) is 2.80. The zero-order valence-corrected chi connectivity index (χ0v) is 19.7. The number of hydrogen-bond acceptors (Lipinski definition) is 3. The van der Waals surface area contributed by atoms with Crippen molar-refractivity contribution in [3.63, 3.8) is 0 Å². The maximum atomic E-state index is 13.0. The second-order valence-electron chi connectivity index (χ2n) is 7.40. The minimum Gasteiger partial charge on any atom is -0.493 e. The van der Waals surface area contributed by atoms with E-state index >= 15 is 0 Å². The molecule has 0 fully saturated rings. The molecule has 0 heterocycles. The highest BCUT2D eigenvalue weighted by Crippen LogP contribution is 2.25. The van der Waals surface area contributed by atoms with Crippen LogP contribution < -0.4 is 15.4 Å². The molecule has 32 heavy (non-hydrogen) atoms. The van der Waals surface area contributed by atoms with Gasteiger partial charge in [-0.15, -0.1) is 0 Å². The van der Waals surface area contributed by atoms with Crippen molar-refractivity contribution in [3.8, 4) is 5.75 Å². The molecule has 2 amide bonds. The number of nitrogens with one attached hydrogen (secondary N) is 2. The van der Waals surface area contributed by atoms with Gasteiger partial charge in [0, 0.05) is 21.4 Å². The molecule has 0 unspecified atom stereocenters. The maximum absolute atomic E-state index is 13.0. The van der Waals surface area contributed by atoms with E-state index in [1.165, 1.54) is 6.42 Å². The van der Waals surface area contributed by atoms with Gasteiger partial charge in [0.25, 0.3) is 11.8 Å². The van der Waals surface area contributed by atoms with Crippen molar-refractivity contribution in [2.24, 2.45) is 0 Å². The normalized spacial score (nSPS) is 10.4. The minimum atomic E-state index is -0.296. The van der Waals surface area contributed by atoms with Gasteiger partial charge in [-0.2, -0.15) is 0 Å². The van der Waals surface area contributed by atoms with Gasteiger partial charge in [0.2, 0.25) is 0 Å². The average molecular weight is 495 g/mol. The Hall–Kier alpha value is -3.12. The molecular formula is C26H27BrN2O3. The second-order valence-corrected chi connectivity index (χ2v) is 8.32. The summed E-state index contributed by atoms with van der Waals surface area (Å²) in [7, 11) is 0. The molecule has 5 nitrogen and oxygen atoms in total. The van der Waals surface area contributed by atoms with Crippen LogP contribution in [0.5, 0.6) is 5.75 Å². The molecule has 0 saturated carbocycles. The van der Waals surface area contributed by atoms with E-state index < -0.39 is 0 Å². The van der Waals surface area contributed by atoms with Crippen LogP contribution in [0.25, 0.3) is 0 Å². The lowest BCUT2D eigenvalue weighted by Gasteiger charge is -2.13. The van der Waals surface area contributed by atoms with Gasteiger partial charge in [-0.3, -0.25) is 9.59 Å². The predicted molar refractivity (Wildman–Crippen MR) is 133 cm³/mol. The van der Waals surface area contributed by atoms with Crippen LogP contribution in [-0.2, 0) is 0 Å². The molecule has 0 aliphatic heterocycles. The molecule has 2 N–H and O–H groups in total. The van der Waals surface area contributed by atoms with Crippen molar-refractivity contribution in [2.75, 3.05) is 17.2 Å². The highest BCUT2D eigenvalue weighted by atomic mass is 79.9. The van der Waals surface area contributed by atoms with Crippen LogP contribution in [-0.4, -0.2) is 18.4 Å². The largest absolute Gasteiger partial charge is 0.493 e. The molecule has 0 aliphatic rings. The molecule has 0 aliphatic carbocycles. The number of amides is 2. The van der Waals surface area contributed by atoms with E-state index in [0.29, 0.717) is 34.9 Å². The third-order valence-corrected chi connectivity index (χ3v) is 5.35. The number of hydrogen-bond donors (Lipinski definition) is 2. The van der Waals surface area contributed by atoms with Gasteiger partial charge in [0.05, 0.1) is 12.2 Å². The fourth-order valence-electron chi connectivity index (χ4n) is 3.18. The first-order valence-corrected chi connectivity index (χ1v) is 11.6. The molecule has 0 saturated heterocycles. The van der Waals surface area contributed by atoms with Gasteiger partial charge < -0.3 is 15.4 Å². The first-order valence-electron chi connectivity index (χ1n) is 10.8. The first kappa shape index (κ1) is 23.5. The van der Waals surface area contributed by atoms with Crippen LogP contribution in [0, 0.1) is 0 Å². The molecule has 0 radical (unpaired) electrons. The van der Waals surface area contributed by atoms with Crippen LogP contribution in [0.15, 0.2) is 77.3 Å². The van der Waals surface area contributed by atoms with Crippen LogP contribution in [0.2, 0.25) is 0 Å². The van der Waals surface area contributed by atoms with Crippen LogP contribution in [0.3, 0.4) is 0 Å². The van der Waals surface area contributed by atoms with Gasteiger partial charge in [-0.1, -0.05) is 66.4 Å². The third kappa shape index (κ3) is 6.95. The summed E-state index contributed by atoms with van der Waals surface area (Å²) >= 11 is 3.43. The van der Waals surface area contributed by atoms with E-state index in [1.807, 2.05) is 36.4 Å². The molecule has 3 aromatic carbocycles. The summed E-state index contributed by atoms with van der Waals surface area (Å²) < 4.78 is 6.67. The van der Waals surface area contributed by atoms with E-state index in [9.17, 15) is 9.59 Å². The smallest absolute Gasteiger partial charge is 0.259 e. The molecule has 166 valence electrons. The Labute approximate surface area is 197 Å². The molecule has 0 bridgehead atoms. The fourth-order valence-corrected chi connectivity index (χ4v) is 3.54. The summed E-state index contributed by atoms with van der Waals surface area (Å²) in [5.74, 6) is 0.00139. The molecule has 3 aromatic rings. The topological polar surface area (TPSA) is 67.4 Å². The number of carbonyl (C=O) groups excluding carboxylic acids is 2. The Morgan fingerprint density at radius 1 is 0.812 bits per heavy atom. The van der Waals surface area contributed by atoms with E-state index in [2.05, 4.69) is 33.5 Å². The van der Waals surface area contributed by atoms with E-state index in [1.54, 1.807) is 36.4 Å². The van der Waals surface area contributed by atoms with E-state index in [4.69, 9.17) is 4.74 Å². The van der Waals surface area contributed by atoms with E-state index in [-0.39, 0.29) is 11.8 Å². The molecular weight excluding hydrogens is 468 g/mol. The number of anilines is 2. The maximum Gasteiger partial charge on any atom is 0.259 e. The summed E-state index contributed by atoms with van der Waals surface area (Å²) in [5.41, 5.74) is 2.13. The quantitative estimate of drug-likeness (QED) is 0.300. The molecule has 0 atom stereocenters.